The molecule has 8 nitrogen and oxygen atoms in total. The van der Waals surface area contributed by atoms with E-state index in [1.54, 1.807) is 61.0 Å². The van der Waals surface area contributed by atoms with E-state index in [1.165, 1.54) is 0 Å². The molecule has 31 heavy (non-hydrogen) atoms. The van der Waals surface area contributed by atoms with Gasteiger partial charge in [-0.15, -0.1) is 0 Å². The van der Waals surface area contributed by atoms with Gasteiger partial charge in [0.1, 0.15) is 13.2 Å². The second kappa shape index (κ2) is 13.8. The summed E-state index contributed by atoms with van der Waals surface area (Å²) in [7, 11) is 0. The third-order valence-electron chi connectivity index (χ3n) is 3.72. The Labute approximate surface area is 191 Å². The molecule has 0 saturated heterocycles. The summed E-state index contributed by atoms with van der Waals surface area (Å²) in [6.45, 7) is 2.58. The van der Waals surface area contributed by atoms with Crippen LogP contribution in [-0.2, 0) is 21.9 Å². The van der Waals surface area contributed by atoms with Gasteiger partial charge in [-0.1, -0.05) is 12.1 Å². The number of aromatic hydroxyl groups is 2. The molecule has 0 spiro atoms. The minimum absolute atomic E-state index is 0. The first kappa shape index (κ1) is 25.7. The molecule has 2 aromatic rings. The second-order valence-corrected chi connectivity index (χ2v) is 6.07. The molecule has 0 amide bonds. The van der Waals surface area contributed by atoms with Crippen LogP contribution >= 0.6 is 0 Å². The number of fused-ring (bicyclic) bond motifs is 4. The molecule has 4 bridgehead atoms. The van der Waals surface area contributed by atoms with Gasteiger partial charge in [0.15, 0.2) is 23.0 Å². The number of carbonyl (C=O) groups is 1. The number of aliphatic carboxylic acids is 1. The van der Waals surface area contributed by atoms with Gasteiger partial charge in [-0.05, 0) is 36.4 Å². The molecule has 3 N–H and O–H groups in total. The topological polar surface area (TPSA) is 121 Å². The summed E-state index contributed by atoms with van der Waals surface area (Å²) in [5.74, 6) is 0.0730. The molecule has 0 atom stereocenters. The van der Waals surface area contributed by atoms with Crippen LogP contribution in [-0.4, -0.2) is 60.0 Å². The SMILES string of the molecule is CC(=O)O.Oc1c2cccc1OCC=CCOc1cccc(c1O)C=NCCN=C2.[Mn]. The van der Waals surface area contributed by atoms with Crippen molar-refractivity contribution >= 4 is 18.4 Å². The summed E-state index contributed by atoms with van der Waals surface area (Å²) in [6, 6.07) is 10.5. The average molecular weight is 467 g/mol. The van der Waals surface area contributed by atoms with E-state index < -0.39 is 5.97 Å². The van der Waals surface area contributed by atoms with E-state index in [1.807, 2.05) is 0 Å². The van der Waals surface area contributed by atoms with Crippen LogP contribution < -0.4 is 9.47 Å². The standard InChI is InChI=1S/C20H20N2O4.C2H4O2.Mn/c23-19-15-5-3-7-17(19)25-11-1-2-12-26-18-8-4-6-16(20(18)24)14-22-10-9-21-13-15;1-2(3)4;/h1-8,13-14,23-24H,9-12H2;1H3,(H,3,4);. The molecular weight excluding hydrogens is 443 g/mol. The van der Waals surface area contributed by atoms with E-state index >= 15 is 0 Å². The van der Waals surface area contributed by atoms with Crippen molar-refractivity contribution in [2.75, 3.05) is 26.3 Å². The smallest absolute Gasteiger partial charge is 0.300 e. The minimum atomic E-state index is -0.833. The molecule has 0 unspecified atom stereocenters. The van der Waals surface area contributed by atoms with Gasteiger partial charge >= 0.3 is 0 Å². The van der Waals surface area contributed by atoms with Gasteiger partial charge in [0.05, 0.1) is 13.1 Å². The van der Waals surface area contributed by atoms with Crippen LogP contribution in [0.4, 0.5) is 0 Å². The Bertz CT molecular complexity index is 870. The minimum Gasteiger partial charge on any atom is -0.504 e. The van der Waals surface area contributed by atoms with Gasteiger partial charge in [-0.25, -0.2) is 0 Å². The molecule has 1 radical (unpaired) electrons. The number of phenols is 2. The van der Waals surface area contributed by atoms with Crippen LogP contribution in [0.1, 0.15) is 18.1 Å². The number of para-hydroxylation sites is 2. The molecule has 3 rings (SSSR count). The number of aliphatic imine (C=N–C) groups is 2. The Morgan fingerprint density at radius 1 is 0.839 bits per heavy atom. The van der Waals surface area contributed by atoms with E-state index in [4.69, 9.17) is 19.4 Å². The Balaban J connectivity index is 0.000000885. The average Bonchev–Trinajstić information content (AvgIpc) is 2.70. The number of nitrogens with zero attached hydrogens (tertiary/aromatic N) is 2. The van der Waals surface area contributed by atoms with Crippen molar-refractivity contribution in [3.8, 4) is 23.0 Å². The molecule has 9 heteroatoms. The normalized spacial score (nSPS) is 13.2. The Morgan fingerprint density at radius 2 is 1.23 bits per heavy atom. The van der Waals surface area contributed by atoms with Gasteiger partial charge in [0, 0.05) is 47.5 Å². The van der Waals surface area contributed by atoms with E-state index in [0.29, 0.717) is 35.7 Å². The van der Waals surface area contributed by atoms with Crippen LogP contribution in [0.5, 0.6) is 23.0 Å². The summed E-state index contributed by atoms with van der Waals surface area (Å²) in [6.07, 6.45) is 6.77. The maximum absolute atomic E-state index is 10.2. The van der Waals surface area contributed by atoms with E-state index in [0.717, 1.165) is 6.92 Å². The molecular formula is C22H24MnN2O6. The summed E-state index contributed by atoms with van der Waals surface area (Å²) in [5, 5.41) is 27.9. The molecule has 1 aliphatic heterocycles. The summed E-state index contributed by atoms with van der Waals surface area (Å²) in [5.41, 5.74) is 1.18. The molecule has 0 aliphatic carbocycles. The predicted octanol–water partition coefficient (Wildman–Crippen LogP) is 3.05. The predicted molar refractivity (Wildman–Crippen MR) is 115 cm³/mol. The van der Waals surface area contributed by atoms with Gasteiger partial charge in [-0.2, -0.15) is 0 Å². The van der Waals surface area contributed by atoms with Crippen molar-refractivity contribution in [3.63, 3.8) is 0 Å². The zero-order valence-corrected chi connectivity index (χ0v) is 18.1. The fourth-order valence-corrected chi connectivity index (χ4v) is 2.37. The number of carboxylic acids is 1. The maximum atomic E-state index is 10.2. The molecule has 165 valence electrons. The zero-order valence-electron chi connectivity index (χ0n) is 16.9. The van der Waals surface area contributed by atoms with Crippen molar-refractivity contribution in [1.82, 2.24) is 0 Å². The van der Waals surface area contributed by atoms with E-state index in [9.17, 15) is 10.2 Å². The summed E-state index contributed by atoms with van der Waals surface area (Å²) in [4.78, 5) is 17.5. The number of phenolic OH excluding ortho intramolecular Hbond substituents is 2. The number of rotatable bonds is 0. The van der Waals surface area contributed by atoms with Gasteiger partial charge in [-0.3, -0.25) is 14.8 Å². The molecule has 0 saturated carbocycles. The number of benzene rings is 2. The van der Waals surface area contributed by atoms with Crippen LogP contribution in [0.25, 0.3) is 0 Å². The number of ether oxygens (including phenoxy) is 2. The molecule has 2 aromatic carbocycles. The summed E-state index contributed by atoms with van der Waals surface area (Å²) >= 11 is 0. The van der Waals surface area contributed by atoms with E-state index in [-0.39, 0.29) is 41.8 Å². The van der Waals surface area contributed by atoms with Gasteiger partial charge in [0.25, 0.3) is 5.97 Å². The van der Waals surface area contributed by atoms with Crippen LogP contribution in [0.2, 0.25) is 0 Å². The first-order chi connectivity index (χ1) is 14.5. The molecule has 1 aliphatic rings. The third-order valence-corrected chi connectivity index (χ3v) is 3.72. The van der Waals surface area contributed by atoms with Crippen LogP contribution in [0.15, 0.2) is 58.5 Å². The van der Waals surface area contributed by atoms with Crippen molar-refractivity contribution in [1.29, 1.82) is 0 Å². The van der Waals surface area contributed by atoms with Gasteiger partial charge in [0.2, 0.25) is 0 Å². The van der Waals surface area contributed by atoms with Crippen LogP contribution in [0, 0.1) is 0 Å². The van der Waals surface area contributed by atoms with Crippen molar-refractivity contribution < 1.29 is 46.7 Å². The number of hydrogen-bond acceptors (Lipinski definition) is 7. The number of hydrogen-bond donors (Lipinski definition) is 3. The molecule has 0 aromatic heterocycles. The quantitative estimate of drug-likeness (QED) is 0.405. The van der Waals surface area contributed by atoms with E-state index in [2.05, 4.69) is 9.98 Å². The monoisotopic (exact) mass is 467 g/mol. The Hall–Kier alpha value is -3.29. The fraction of sp³-hybridized carbons (Fsp3) is 0.227. The first-order valence-corrected chi connectivity index (χ1v) is 9.22. The number of carboxylic acid groups (broad SMARTS) is 1. The van der Waals surface area contributed by atoms with Crippen molar-refractivity contribution in [3.05, 3.63) is 59.7 Å². The van der Waals surface area contributed by atoms with Crippen molar-refractivity contribution in [2.45, 2.75) is 6.92 Å². The largest absolute Gasteiger partial charge is 0.504 e. The second-order valence-electron chi connectivity index (χ2n) is 6.07. The fourth-order valence-electron chi connectivity index (χ4n) is 2.37. The molecule has 1 heterocycles. The first-order valence-electron chi connectivity index (χ1n) is 9.22. The van der Waals surface area contributed by atoms with Crippen LogP contribution in [0.3, 0.4) is 0 Å². The summed E-state index contributed by atoms with van der Waals surface area (Å²) < 4.78 is 11.1. The Kier molecular flexibility index (Phi) is 11.5. The zero-order chi connectivity index (χ0) is 21.8. The third kappa shape index (κ3) is 8.94. The molecule has 0 fully saturated rings. The maximum Gasteiger partial charge on any atom is 0.300 e. The van der Waals surface area contributed by atoms with Gasteiger partial charge < -0.3 is 24.8 Å². The van der Waals surface area contributed by atoms with Crippen molar-refractivity contribution in [2.24, 2.45) is 9.98 Å². The Morgan fingerprint density at radius 3 is 1.61 bits per heavy atom.